The molecule has 0 radical (unpaired) electrons. The Labute approximate surface area is 198 Å². The maximum atomic E-state index is 13.2. The minimum atomic E-state index is -3.89. The van der Waals surface area contributed by atoms with Gasteiger partial charge in [0, 0.05) is 11.1 Å². The van der Waals surface area contributed by atoms with E-state index in [-0.39, 0.29) is 21.9 Å². The van der Waals surface area contributed by atoms with Gasteiger partial charge in [-0.15, -0.1) is 0 Å². The van der Waals surface area contributed by atoms with E-state index in [0.717, 1.165) is 5.56 Å². The van der Waals surface area contributed by atoms with E-state index in [4.69, 9.17) is 0 Å². The highest BCUT2D eigenvalue weighted by Crippen LogP contribution is 2.25. The Morgan fingerprint density at radius 1 is 0.676 bits per heavy atom. The average molecular weight is 471 g/mol. The molecule has 0 aliphatic rings. The summed E-state index contributed by atoms with van der Waals surface area (Å²) in [6, 6.07) is 28.2. The molecule has 0 bridgehead atoms. The Hall–Kier alpha value is -4.23. The highest BCUT2D eigenvalue weighted by molar-refractivity contribution is 7.92. The molecule has 0 saturated carbocycles. The zero-order chi connectivity index (χ0) is 24.1. The quantitative estimate of drug-likeness (QED) is 0.360. The molecule has 4 aromatic carbocycles. The SMILES string of the molecule is Cc1ccc(NC(=O)c2ccccc2NS(=O)(=O)c2ccccc2)c(C(=O)c2ccccc2)c1. The first-order valence-corrected chi connectivity index (χ1v) is 12.0. The number of para-hydroxylation sites is 1. The lowest BCUT2D eigenvalue weighted by Gasteiger charge is -2.15. The highest BCUT2D eigenvalue weighted by atomic mass is 32.2. The largest absolute Gasteiger partial charge is 0.321 e. The second-order valence-corrected chi connectivity index (χ2v) is 9.34. The summed E-state index contributed by atoms with van der Waals surface area (Å²) >= 11 is 0. The van der Waals surface area contributed by atoms with Gasteiger partial charge in [0.2, 0.25) is 0 Å². The van der Waals surface area contributed by atoms with Crippen molar-refractivity contribution in [1.82, 2.24) is 0 Å². The van der Waals surface area contributed by atoms with Crippen molar-refractivity contribution in [2.24, 2.45) is 0 Å². The molecule has 170 valence electrons. The number of hydrogen-bond donors (Lipinski definition) is 2. The molecule has 0 spiro atoms. The second kappa shape index (κ2) is 9.72. The van der Waals surface area contributed by atoms with Crippen LogP contribution in [0.4, 0.5) is 11.4 Å². The van der Waals surface area contributed by atoms with Crippen LogP contribution >= 0.6 is 0 Å². The molecule has 0 saturated heterocycles. The molecule has 0 atom stereocenters. The fraction of sp³-hybridized carbons (Fsp3) is 0.0370. The molecule has 6 nitrogen and oxygen atoms in total. The molecule has 0 fully saturated rings. The van der Waals surface area contributed by atoms with E-state index >= 15 is 0 Å². The van der Waals surface area contributed by atoms with Gasteiger partial charge < -0.3 is 5.32 Å². The van der Waals surface area contributed by atoms with E-state index in [1.807, 2.05) is 13.0 Å². The minimum Gasteiger partial charge on any atom is -0.321 e. The number of hydrogen-bond acceptors (Lipinski definition) is 4. The highest BCUT2D eigenvalue weighted by Gasteiger charge is 2.20. The lowest BCUT2D eigenvalue weighted by Crippen LogP contribution is -2.19. The standard InChI is InChI=1S/C27H22N2O4S/c1-19-16-17-24(23(18-19)26(30)20-10-4-2-5-11-20)28-27(31)22-14-8-9-15-25(22)29-34(32,33)21-12-6-3-7-13-21/h2-18,29H,1H3,(H,28,31). The monoisotopic (exact) mass is 470 g/mol. The fourth-order valence-corrected chi connectivity index (χ4v) is 4.56. The van der Waals surface area contributed by atoms with E-state index in [0.29, 0.717) is 16.8 Å². The van der Waals surface area contributed by atoms with Crippen molar-refractivity contribution < 1.29 is 18.0 Å². The van der Waals surface area contributed by atoms with Crippen molar-refractivity contribution in [3.05, 3.63) is 125 Å². The maximum Gasteiger partial charge on any atom is 0.261 e. The summed E-state index contributed by atoms with van der Waals surface area (Å²) in [4.78, 5) is 26.4. The van der Waals surface area contributed by atoms with Crippen LogP contribution in [0.1, 0.15) is 31.8 Å². The minimum absolute atomic E-state index is 0.0829. The molecular weight excluding hydrogens is 448 g/mol. The third kappa shape index (κ3) is 5.05. The van der Waals surface area contributed by atoms with Crippen LogP contribution in [-0.4, -0.2) is 20.1 Å². The first kappa shape index (κ1) is 22.9. The Kier molecular flexibility index (Phi) is 6.56. The molecule has 1 amide bonds. The second-order valence-electron chi connectivity index (χ2n) is 7.66. The normalized spacial score (nSPS) is 11.0. The van der Waals surface area contributed by atoms with E-state index in [1.54, 1.807) is 72.8 Å². The number of carbonyl (C=O) groups excluding carboxylic acids is 2. The van der Waals surface area contributed by atoms with Gasteiger partial charge in [-0.05, 0) is 43.3 Å². The van der Waals surface area contributed by atoms with E-state index in [2.05, 4.69) is 10.0 Å². The number of sulfonamides is 1. The molecule has 0 aliphatic carbocycles. The third-order valence-corrected chi connectivity index (χ3v) is 6.55. The van der Waals surface area contributed by atoms with Crippen LogP contribution in [0.3, 0.4) is 0 Å². The summed E-state index contributed by atoms with van der Waals surface area (Å²) in [5.41, 5.74) is 2.31. The van der Waals surface area contributed by atoms with Crippen LogP contribution in [0.15, 0.2) is 108 Å². The molecule has 4 rings (SSSR count). The van der Waals surface area contributed by atoms with Crippen molar-refractivity contribution in [3.8, 4) is 0 Å². The topological polar surface area (TPSA) is 92.3 Å². The summed E-state index contributed by atoms with van der Waals surface area (Å²) in [7, 11) is -3.89. The molecule has 0 unspecified atom stereocenters. The summed E-state index contributed by atoms with van der Waals surface area (Å²) < 4.78 is 28.1. The van der Waals surface area contributed by atoms with Crippen LogP contribution in [0.5, 0.6) is 0 Å². The molecular formula is C27H22N2O4S. The average Bonchev–Trinajstić information content (AvgIpc) is 2.86. The summed E-state index contributed by atoms with van der Waals surface area (Å²) in [5.74, 6) is -0.769. The number of aryl methyl sites for hydroxylation is 1. The number of amides is 1. The maximum absolute atomic E-state index is 13.2. The van der Waals surface area contributed by atoms with Gasteiger partial charge in [0.1, 0.15) is 0 Å². The van der Waals surface area contributed by atoms with Gasteiger partial charge in [-0.25, -0.2) is 8.42 Å². The van der Waals surface area contributed by atoms with E-state index < -0.39 is 15.9 Å². The molecule has 34 heavy (non-hydrogen) atoms. The lowest BCUT2D eigenvalue weighted by molar-refractivity contribution is 0.102. The summed E-state index contributed by atoms with van der Waals surface area (Å²) in [5, 5.41) is 2.78. The van der Waals surface area contributed by atoms with Gasteiger partial charge in [0.05, 0.1) is 21.8 Å². The van der Waals surface area contributed by atoms with Crippen molar-refractivity contribution in [2.45, 2.75) is 11.8 Å². The first-order valence-electron chi connectivity index (χ1n) is 10.5. The number of benzene rings is 4. The Bertz CT molecular complexity index is 1450. The van der Waals surface area contributed by atoms with Crippen LogP contribution in [0.25, 0.3) is 0 Å². The van der Waals surface area contributed by atoms with E-state index in [1.165, 1.54) is 24.3 Å². The number of nitrogens with one attached hydrogen (secondary N) is 2. The molecule has 0 heterocycles. The number of ketones is 1. The van der Waals surface area contributed by atoms with Crippen LogP contribution in [0.2, 0.25) is 0 Å². The van der Waals surface area contributed by atoms with Crippen molar-refractivity contribution in [3.63, 3.8) is 0 Å². The molecule has 0 aromatic heterocycles. The molecule has 0 aliphatic heterocycles. The van der Waals surface area contributed by atoms with Gasteiger partial charge in [-0.3, -0.25) is 14.3 Å². The number of carbonyl (C=O) groups is 2. The molecule has 7 heteroatoms. The van der Waals surface area contributed by atoms with Crippen molar-refractivity contribution in [2.75, 3.05) is 10.0 Å². The summed E-state index contributed by atoms with van der Waals surface area (Å²) in [6.07, 6.45) is 0. The van der Waals surface area contributed by atoms with Gasteiger partial charge in [-0.1, -0.05) is 72.3 Å². The Morgan fingerprint density at radius 2 is 1.29 bits per heavy atom. The van der Waals surface area contributed by atoms with Crippen LogP contribution < -0.4 is 10.0 Å². The van der Waals surface area contributed by atoms with Crippen LogP contribution in [-0.2, 0) is 10.0 Å². The summed E-state index contributed by atoms with van der Waals surface area (Å²) in [6.45, 7) is 1.86. The zero-order valence-electron chi connectivity index (χ0n) is 18.4. The van der Waals surface area contributed by atoms with Gasteiger partial charge >= 0.3 is 0 Å². The van der Waals surface area contributed by atoms with Gasteiger partial charge in [-0.2, -0.15) is 0 Å². The Morgan fingerprint density at radius 3 is 2.00 bits per heavy atom. The fourth-order valence-electron chi connectivity index (χ4n) is 3.46. The molecule has 4 aromatic rings. The first-order chi connectivity index (χ1) is 16.3. The van der Waals surface area contributed by atoms with E-state index in [9.17, 15) is 18.0 Å². The van der Waals surface area contributed by atoms with Crippen molar-refractivity contribution >= 4 is 33.1 Å². The predicted octanol–water partition coefficient (Wildman–Crippen LogP) is 5.28. The van der Waals surface area contributed by atoms with Crippen molar-refractivity contribution in [1.29, 1.82) is 0 Å². The number of rotatable bonds is 7. The van der Waals surface area contributed by atoms with Gasteiger partial charge in [0.15, 0.2) is 5.78 Å². The third-order valence-electron chi connectivity index (χ3n) is 5.17. The number of anilines is 2. The van der Waals surface area contributed by atoms with Gasteiger partial charge in [0.25, 0.3) is 15.9 Å². The lowest BCUT2D eigenvalue weighted by atomic mass is 9.99. The zero-order valence-corrected chi connectivity index (χ0v) is 19.2. The predicted molar refractivity (Wildman–Crippen MR) is 133 cm³/mol. The molecule has 2 N–H and O–H groups in total. The Balaban J connectivity index is 1.65. The van der Waals surface area contributed by atoms with Crippen LogP contribution in [0, 0.1) is 6.92 Å². The smallest absolute Gasteiger partial charge is 0.261 e.